The van der Waals surface area contributed by atoms with E-state index in [1.54, 1.807) is 17.1 Å². The number of likely N-dealkylation sites (tertiary alicyclic amines) is 1. The minimum Gasteiger partial charge on any atom is -0.355 e. The van der Waals surface area contributed by atoms with Crippen molar-refractivity contribution in [1.82, 2.24) is 29.9 Å². The fourth-order valence-corrected chi connectivity index (χ4v) is 4.14. The van der Waals surface area contributed by atoms with Crippen LogP contribution < -0.4 is 4.90 Å². The Morgan fingerprint density at radius 3 is 2.47 bits per heavy atom. The molecule has 0 saturated carbocycles. The van der Waals surface area contributed by atoms with Crippen LogP contribution in [0.4, 0.5) is 5.82 Å². The highest BCUT2D eigenvalue weighted by Gasteiger charge is 2.32. The molecule has 0 aliphatic carbocycles. The summed E-state index contributed by atoms with van der Waals surface area (Å²) in [4.78, 5) is 21.1. The minimum absolute atomic E-state index is 0.223. The summed E-state index contributed by atoms with van der Waals surface area (Å²) in [6, 6.07) is 4.23. The molecule has 0 bridgehead atoms. The molecule has 0 radical (unpaired) electrons. The van der Waals surface area contributed by atoms with Gasteiger partial charge in [0.2, 0.25) is 5.91 Å². The van der Waals surface area contributed by atoms with Crippen molar-refractivity contribution in [1.29, 1.82) is 0 Å². The van der Waals surface area contributed by atoms with Crippen molar-refractivity contribution in [3.63, 3.8) is 0 Å². The van der Waals surface area contributed by atoms with Crippen molar-refractivity contribution < 1.29 is 4.79 Å². The van der Waals surface area contributed by atoms with Gasteiger partial charge in [-0.05, 0) is 25.0 Å². The quantitative estimate of drug-likeness (QED) is 0.664. The summed E-state index contributed by atoms with van der Waals surface area (Å²) < 4.78 is 1.79. The summed E-state index contributed by atoms with van der Waals surface area (Å²) in [5, 5.41) is 15.4. The summed E-state index contributed by atoms with van der Waals surface area (Å²) in [5.74, 6) is 1.07. The number of amides is 1. The van der Waals surface area contributed by atoms with E-state index in [0.717, 1.165) is 53.9 Å². The SMILES string of the molecule is CN(c1nnc(-c2ccnn2C)c2cnccc12)C1CCN(C(=O)C(C)(C)C)CC1. The number of fused-ring (bicyclic) bond motifs is 1. The van der Waals surface area contributed by atoms with E-state index in [-0.39, 0.29) is 11.3 Å². The van der Waals surface area contributed by atoms with E-state index in [4.69, 9.17) is 0 Å². The molecule has 1 aliphatic rings. The maximum atomic E-state index is 12.6. The summed E-state index contributed by atoms with van der Waals surface area (Å²) >= 11 is 0. The van der Waals surface area contributed by atoms with Crippen molar-refractivity contribution in [2.24, 2.45) is 12.5 Å². The number of anilines is 1. The molecule has 1 aliphatic heterocycles. The third-order valence-electron chi connectivity index (χ3n) is 5.90. The Morgan fingerprint density at radius 1 is 1.10 bits per heavy atom. The van der Waals surface area contributed by atoms with Gasteiger partial charge in [0, 0.05) is 68.0 Å². The molecule has 0 unspecified atom stereocenters. The van der Waals surface area contributed by atoms with Crippen LogP contribution in [0, 0.1) is 5.41 Å². The standard InChI is InChI=1S/C22H29N7O/c1-22(2,3)21(30)29-12-8-15(9-13-29)27(4)20-16-6-10-23-14-17(16)19(25-26-20)18-7-11-24-28(18)5/h6-7,10-11,14-15H,8-9,12-13H2,1-5H3. The third kappa shape index (κ3) is 3.62. The molecule has 1 fully saturated rings. The summed E-state index contributed by atoms with van der Waals surface area (Å²) in [5.41, 5.74) is 1.35. The minimum atomic E-state index is -0.338. The molecule has 3 aromatic rings. The number of pyridine rings is 1. The molecule has 1 saturated heterocycles. The van der Waals surface area contributed by atoms with E-state index in [1.165, 1.54) is 0 Å². The van der Waals surface area contributed by atoms with E-state index in [9.17, 15) is 4.79 Å². The molecule has 0 spiro atoms. The number of carbonyl (C=O) groups excluding carboxylic acids is 1. The van der Waals surface area contributed by atoms with Crippen LogP contribution in [-0.4, -0.2) is 61.9 Å². The lowest BCUT2D eigenvalue weighted by molar-refractivity contribution is -0.140. The number of aryl methyl sites for hydroxylation is 1. The lowest BCUT2D eigenvalue weighted by atomic mass is 9.92. The summed E-state index contributed by atoms with van der Waals surface area (Å²) in [7, 11) is 3.96. The molecular weight excluding hydrogens is 378 g/mol. The number of hydrogen-bond donors (Lipinski definition) is 0. The van der Waals surface area contributed by atoms with Gasteiger partial charge in [-0.15, -0.1) is 10.2 Å². The van der Waals surface area contributed by atoms with E-state index >= 15 is 0 Å². The topological polar surface area (TPSA) is 80.0 Å². The number of rotatable bonds is 3. The lowest BCUT2D eigenvalue weighted by Crippen LogP contribution is -2.48. The van der Waals surface area contributed by atoms with Gasteiger partial charge in [0.15, 0.2) is 5.82 Å². The van der Waals surface area contributed by atoms with Gasteiger partial charge >= 0.3 is 0 Å². The molecule has 30 heavy (non-hydrogen) atoms. The predicted molar refractivity (Wildman–Crippen MR) is 117 cm³/mol. The van der Waals surface area contributed by atoms with E-state index in [0.29, 0.717) is 6.04 Å². The maximum absolute atomic E-state index is 12.6. The van der Waals surface area contributed by atoms with Gasteiger partial charge in [0.25, 0.3) is 0 Å². The number of hydrogen-bond acceptors (Lipinski definition) is 6. The molecule has 4 rings (SSSR count). The monoisotopic (exact) mass is 407 g/mol. The van der Waals surface area contributed by atoms with Crippen LogP contribution in [0.15, 0.2) is 30.7 Å². The molecule has 1 amide bonds. The second kappa shape index (κ2) is 7.66. The van der Waals surface area contributed by atoms with Crippen LogP contribution in [0.5, 0.6) is 0 Å². The highest BCUT2D eigenvalue weighted by molar-refractivity contribution is 5.99. The average molecular weight is 408 g/mol. The highest BCUT2D eigenvalue weighted by Crippen LogP contribution is 2.32. The Kier molecular flexibility index (Phi) is 5.17. The van der Waals surface area contributed by atoms with Crippen LogP contribution in [-0.2, 0) is 11.8 Å². The first-order valence-corrected chi connectivity index (χ1v) is 10.4. The van der Waals surface area contributed by atoms with Crippen LogP contribution in [0.25, 0.3) is 22.2 Å². The van der Waals surface area contributed by atoms with Crippen molar-refractivity contribution in [3.05, 3.63) is 30.7 Å². The first kappa shape index (κ1) is 20.3. The van der Waals surface area contributed by atoms with E-state index in [1.807, 2.05) is 51.0 Å². The van der Waals surface area contributed by atoms with Gasteiger partial charge in [-0.1, -0.05) is 20.8 Å². The zero-order chi connectivity index (χ0) is 21.5. The molecule has 8 nitrogen and oxygen atoms in total. The molecule has 4 heterocycles. The molecular formula is C22H29N7O. The number of nitrogens with zero attached hydrogens (tertiary/aromatic N) is 7. The Bertz CT molecular complexity index is 1060. The van der Waals surface area contributed by atoms with E-state index < -0.39 is 0 Å². The number of piperidine rings is 1. The Morgan fingerprint density at radius 2 is 1.83 bits per heavy atom. The fourth-order valence-electron chi connectivity index (χ4n) is 4.14. The maximum Gasteiger partial charge on any atom is 0.227 e. The van der Waals surface area contributed by atoms with Gasteiger partial charge in [-0.2, -0.15) is 5.10 Å². The van der Waals surface area contributed by atoms with Crippen LogP contribution in [0.1, 0.15) is 33.6 Å². The molecule has 8 heteroatoms. The highest BCUT2D eigenvalue weighted by atomic mass is 16.2. The molecule has 0 N–H and O–H groups in total. The average Bonchev–Trinajstić information content (AvgIpc) is 3.17. The third-order valence-corrected chi connectivity index (χ3v) is 5.90. The molecule has 158 valence electrons. The zero-order valence-corrected chi connectivity index (χ0v) is 18.3. The first-order chi connectivity index (χ1) is 14.3. The van der Waals surface area contributed by atoms with Crippen LogP contribution in [0.2, 0.25) is 0 Å². The number of aromatic nitrogens is 5. The van der Waals surface area contributed by atoms with Gasteiger partial charge in [0.05, 0.1) is 5.69 Å². The van der Waals surface area contributed by atoms with Gasteiger partial charge in [0.1, 0.15) is 5.69 Å². The van der Waals surface area contributed by atoms with E-state index in [2.05, 4.69) is 32.2 Å². The fraction of sp³-hybridized carbons (Fsp3) is 0.500. The second-order valence-electron chi connectivity index (χ2n) is 9.02. The molecule has 0 atom stereocenters. The van der Waals surface area contributed by atoms with Gasteiger partial charge in [-0.3, -0.25) is 14.5 Å². The molecule has 0 aromatic carbocycles. The van der Waals surface area contributed by atoms with Crippen LogP contribution >= 0.6 is 0 Å². The van der Waals surface area contributed by atoms with Crippen molar-refractivity contribution in [2.75, 3.05) is 25.0 Å². The summed E-state index contributed by atoms with van der Waals surface area (Å²) in [6.45, 7) is 7.48. The second-order valence-corrected chi connectivity index (χ2v) is 9.02. The van der Waals surface area contributed by atoms with Crippen molar-refractivity contribution in [3.8, 4) is 11.4 Å². The Hall–Kier alpha value is -3.03. The Balaban J connectivity index is 1.60. The van der Waals surface area contributed by atoms with Crippen molar-refractivity contribution >= 4 is 22.5 Å². The lowest BCUT2D eigenvalue weighted by Gasteiger charge is -2.39. The number of carbonyl (C=O) groups is 1. The first-order valence-electron chi connectivity index (χ1n) is 10.4. The molecule has 3 aromatic heterocycles. The smallest absolute Gasteiger partial charge is 0.227 e. The zero-order valence-electron chi connectivity index (χ0n) is 18.3. The van der Waals surface area contributed by atoms with Gasteiger partial charge < -0.3 is 9.80 Å². The Labute approximate surface area is 176 Å². The van der Waals surface area contributed by atoms with Crippen LogP contribution in [0.3, 0.4) is 0 Å². The normalized spacial score (nSPS) is 15.6. The van der Waals surface area contributed by atoms with Gasteiger partial charge in [-0.25, -0.2) is 0 Å². The predicted octanol–water partition coefficient (Wildman–Crippen LogP) is 2.90. The summed E-state index contributed by atoms with van der Waals surface area (Å²) in [6.07, 6.45) is 7.21. The van der Waals surface area contributed by atoms with Crippen molar-refractivity contribution in [2.45, 2.75) is 39.7 Å². The largest absolute Gasteiger partial charge is 0.355 e.